The molecule has 1 saturated heterocycles. The van der Waals surface area contributed by atoms with Gasteiger partial charge in [0.25, 0.3) is 0 Å². The Bertz CT molecular complexity index is 688. The van der Waals surface area contributed by atoms with Gasteiger partial charge in [0.2, 0.25) is 0 Å². The van der Waals surface area contributed by atoms with E-state index in [4.69, 9.17) is 9.73 Å². The van der Waals surface area contributed by atoms with Gasteiger partial charge in [-0.15, -0.1) is 10.2 Å². The predicted octanol–water partition coefficient (Wildman–Crippen LogP) is 2.73. The van der Waals surface area contributed by atoms with E-state index in [0.29, 0.717) is 19.0 Å². The summed E-state index contributed by atoms with van der Waals surface area (Å²) in [6.45, 7) is 17.3. The quantitative estimate of drug-likeness (QED) is 0.538. The lowest BCUT2D eigenvalue weighted by Crippen LogP contribution is -2.47. The van der Waals surface area contributed by atoms with Crippen molar-refractivity contribution in [2.24, 2.45) is 10.9 Å². The molecule has 0 unspecified atom stereocenters. The van der Waals surface area contributed by atoms with Gasteiger partial charge in [0, 0.05) is 39.3 Å². The number of hydrogen-bond donors (Lipinski definition) is 1. The van der Waals surface area contributed by atoms with Gasteiger partial charge in [0.1, 0.15) is 18.5 Å². The molecule has 1 aromatic rings. The number of rotatable bonds is 7. The minimum atomic E-state index is -0.465. The summed E-state index contributed by atoms with van der Waals surface area (Å²) >= 11 is 0. The standard InChI is InChI=1S/C21H39N7O2/c1-7-22-19(23-14-18-25-24-16-27(18)9-3)28-12-10-17(11-13-28)15-26(8-2)20(29)30-21(4,5)6/h16-17H,7-15H2,1-6H3,(H,22,23). The number of aliphatic imine (C=N–C) groups is 1. The summed E-state index contributed by atoms with van der Waals surface area (Å²) in [6, 6.07) is 0. The lowest BCUT2D eigenvalue weighted by molar-refractivity contribution is 0.0214. The number of likely N-dealkylation sites (tertiary alicyclic amines) is 1. The lowest BCUT2D eigenvalue weighted by Gasteiger charge is -2.36. The van der Waals surface area contributed by atoms with E-state index >= 15 is 0 Å². The number of aryl methyl sites for hydroxylation is 1. The van der Waals surface area contributed by atoms with E-state index in [1.165, 1.54) is 0 Å². The predicted molar refractivity (Wildman–Crippen MR) is 118 cm³/mol. The van der Waals surface area contributed by atoms with Crippen LogP contribution in [0, 0.1) is 5.92 Å². The number of carbonyl (C=O) groups excluding carboxylic acids is 1. The van der Waals surface area contributed by atoms with E-state index in [1.807, 2.05) is 37.2 Å². The minimum absolute atomic E-state index is 0.220. The molecule has 0 aromatic carbocycles. The molecule has 2 rings (SSSR count). The molecule has 0 aliphatic carbocycles. The van der Waals surface area contributed by atoms with Crippen molar-refractivity contribution in [2.75, 3.05) is 32.7 Å². The first kappa shape index (κ1) is 24.0. The Morgan fingerprint density at radius 2 is 2.00 bits per heavy atom. The van der Waals surface area contributed by atoms with Gasteiger partial charge in [0.05, 0.1) is 0 Å². The van der Waals surface area contributed by atoms with Gasteiger partial charge in [-0.3, -0.25) is 0 Å². The van der Waals surface area contributed by atoms with Crippen molar-refractivity contribution in [1.29, 1.82) is 0 Å². The molecule has 0 bridgehead atoms. The van der Waals surface area contributed by atoms with E-state index in [1.54, 1.807) is 6.33 Å². The summed E-state index contributed by atoms with van der Waals surface area (Å²) < 4.78 is 7.55. The maximum atomic E-state index is 12.4. The molecule has 0 saturated carbocycles. The molecule has 1 fully saturated rings. The number of ether oxygens (including phenoxy) is 1. The summed E-state index contributed by atoms with van der Waals surface area (Å²) in [5, 5.41) is 11.5. The molecule has 30 heavy (non-hydrogen) atoms. The highest BCUT2D eigenvalue weighted by Gasteiger charge is 2.27. The van der Waals surface area contributed by atoms with E-state index in [-0.39, 0.29) is 6.09 Å². The largest absolute Gasteiger partial charge is 0.444 e. The second kappa shape index (κ2) is 11.2. The Labute approximate surface area is 180 Å². The second-order valence-corrected chi connectivity index (χ2v) is 8.65. The number of aromatic nitrogens is 3. The first-order valence-corrected chi connectivity index (χ1v) is 11.1. The maximum Gasteiger partial charge on any atom is 0.410 e. The molecule has 1 aliphatic rings. The summed E-state index contributed by atoms with van der Waals surface area (Å²) in [5.41, 5.74) is -0.465. The molecule has 0 atom stereocenters. The Morgan fingerprint density at radius 3 is 2.57 bits per heavy atom. The number of hydrogen-bond acceptors (Lipinski definition) is 5. The van der Waals surface area contributed by atoms with Gasteiger partial charge in [-0.2, -0.15) is 0 Å². The van der Waals surface area contributed by atoms with Gasteiger partial charge in [-0.1, -0.05) is 0 Å². The highest BCUT2D eigenvalue weighted by atomic mass is 16.6. The van der Waals surface area contributed by atoms with E-state index < -0.39 is 5.60 Å². The van der Waals surface area contributed by atoms with Crippen LogP contribution in [0.2, 0.25) is 0 Å². The Morgan fingerprint density at radius 1 is 1.30 bits per heavy atom. The fourth-order valence-corrected chi connectivity index (χ4v) is 3.54. The molecule has 9 heteroatoms. The molecule has 0 spiro atoms. The van der Waals surface area contributed by atoms with Crippen molar-refractivity contribution in [3.8, 4) is 0 Å². The Kier molecular flexibility index (Phi) is 8.92. The molecule has 1 aromatic heterocycles. The molecule has 1 aliphatic heterocycles. The van der Waals surface area contributed by atoms with Crippen molar-refractivity contribution < 1.29 is 9.53 Å². The van der Waals surface area contributed by atoms with Crippen LogP contribution in [0.1, 0.15) is 60.2 Å². The van der Waals surface area contributed by atoms with Crippen molar-refractivity contribution in [1.82, 2.24) is 29.9 Å². The van der Waals surface area contributed by atoms with Gasteiger partial charge in [-0.05, 0) is 60.3 Å². The van der Waals surface area contributed by atoms with Crippen molar-refractivity contribution in [3.63, 3.8) is 0 Å². The fourth-order valence-electron chi connectivity index (χ4n) is 3.54. The van der Waals surface area contributed by atoms with Gasteiger partial charge < -0.3 is 24.4 Å². The molecular formula is C21H39N7O2. The van der Waals surface area contributed by atoms with Crippen LogP contribution in [0.15, 0.2) is 11.3 Å². The van der Waals surface area contributed by atoms with Crippen LogP contribution in [0.25, 0.3) is 0 Å². The van der Waals surface area contributed by atoms with Crippen molar-refractivity contribution >= 4 is 12.1 Å². The SMILES string of the molecule is CCNC(=NCc1nncn1CC)N1CCC(CN(CC)C(=O)OC(C)(C)C)CC1. The zero-order chi connectivity index (χ0) is 22.1. The molecule has 170 valence electrons. The Hall–Kier alpha value is -2.32. The zero-order valence-corrected chi connectivity index (χ0v) is 19.5. The average molecular weight is 422 g/mol. The average Bonchev–Trinajstić information content (AvgIpc) is 3.16. The van der Waals surface area contributed by atoms with Crippen LogP contribution in [0.4, 0.5) is 4.79 Å². The first-order chi connectivity index (χ1) is 14.3. The third kappa shape index (κ3) is 7.18. The monoisotopic (exact) mass is 421 g/mol. The third-order valence-electron chi connectivity index (χ3n) is 5.17. The molecule has 1 amide bonds. The second-order valence-electron chi connectivity index (χ2n) is 8.65. The van der Waals surface area contributed by atoms with E-state index in [0.717, 1.165) is 57.3 Å². The third-order valence-corrected chi connectivity index (χ3v) is 5.17. The summed E-state index contributed by atoms with van der Waals surface area (Å²) in [6.07, 6.45) is 3.57. The zero-order valence-electron chi connectivity index (χ0n) is 19.5. The normalized spacial score (nSPS) is 15.9. The van der Waals surface area contributed by atoms with Crippen molar-refractivity contribution in [2.45, 2.75) is 73.1 Å². The fraction of sp³-hybridized carbons (Fsp3) is 0.810. The van der Waals surface area contributed by atoms with Gasteiger partial charge in [0.15, 0.2) is 11.8 Å². The number of amides is 1. The molecule has 0 radical (unpaired) electrons. The highest BCUT2D eigenvalue weighted by Crippen LogP contribution is 2.20. The summed E-state index contributed by atoms with van der Waals surface area (Å²) in [7, 11) is 0. The van der Waals surface area contributed by atoms with Crippen LogP contribution < -0.4 is 5.32 Å². The Balaban J connectivity index is 1.91. The van der Waals surface area contributed by atoms with Gasteiger partial charge >= 0.3 is 6.09 Å². The van der Waals surface area contributed by atoms with E-state index in [9.17, 15) is 4.79 Å². The number of nitrogens with one attached hydrogen (secondary N) is 1. The highest BCUT2D eigenvalue weighted by molar-refractivity contribution is 5.80. The number of guanidine groups is 1. The van der Waals surface area contributed by atoms with Crippen LogP contribution in [0.3, 0.4) is 0 Å². The van der Waals surface area contributed by atoms with Crippen LogP contribution in [-0.2, 0) is 17.8 Å². The molecule has 1 N–H and O–H groups in total. The molecular weight excluding hydrogens is 382 g/mol. The smallest absolute Gasteiger partial charge is 0.410 e. The number of carbonyl (C=O) groups is 1. The van der Waals surface area contributed by atoms with Crippen LogP contribution in [0.5, 0.6) is 0 Å². The molecule has 2 heterocycles. The summed E-state index contributed by atoms with van der Waals surface area (Å²) in [5.74, 6) is 2.26. The van der Waals surface area contributed by atoms with E-state index in [2.05, 4.69) is 34.3 Å². The van der Waals surface area contributed by atoms with Crippen LogP contribution in [-0.4, -0.2) is 74.9 Å². The lowest BCUT2D eigenvalue weighted by atomic mass is 9.96. The number of piperidine rings is 1. The first-order valence-electron chi connectivity index (χ1n) is 11.1. The minimum Gasteiger partial charge on any atom is -0.444 e. The van der Waals surface area contributed by atoms with Crippen LogP contribution >= 0.6 is 0 Å². The topological polar surface area (TPSA) is 87.9 Å². The summed E-state index contributed by atoms with van der Waals surface area (Å²) in [4.78, 5) is 21.3. The maximum absolute atomic E-state index is 12.4. The van der Waals surface area contributed by atoms with Gasteiger partial charge in [-0.25, -0.2) is 9.79 Å². The molecule has 9 nitrogen and oxygen atoms in total. The number of nitrogens with zero attached hydrogens (tertiary/aromatic N) is 6. The van der Waals surface area contributed by atoms with Crippen molar-refractivity contribution in [3.05, 3.63) is 12.2 Å².